The van der Waals surface area contributed by atoms with E-state index in [4.69, 9.17) is 4.74 Å². The molecule has 0 saturated carbocycles. The lowest BCUT2D eigenvalue weighted by molar-refractivity contribution is 0.414. The van der Waals surface area contributed by atoms with Gasteiger partial charge in [0.2, 0.25) is 0 Å². The Morgan fingerprint density at radius 2 is 0.943 bits per heavy atom. The van der Waals surface area contributed by atoms with Gasteiger partial charge >= 0.3 is 0 Å². The Kier molecular flexibility index (Phi) is 6.87. The van der Waals surface area contributed by atoms with E-state index < -0.39 is 0 Å². The normalized spacial score (nSPS) is 11.5. The maximum Gasteiger partial charge on any atom is 0.118 e. The van der Waals surface area contributed by atoms with E-state index in [0.29, 0.717) is 0 Å². The first-order valence-electron chi connectivity index (χ1n) is 11.9. The molecule has 0 saturated heterocycles. The van der Waals surface area contributed by atoms with Crippen LogP contribution in [0.2, 0.25) is 0 Å². The van der Waals surface area contributed by atoms with E-state index in [-0.39, 0.29) is 5.92 Å². The van der Waals surface area contributed by atoms with Crippen molar-refractivity contribution in [1.29, 1.82) is 0 Å². The molecule has 0 heterocycles. The summed E-state index contributed by atoms with van der Waals surface area (Å²) in [6.45, 7) is 0. The van der Waals surface area contributed by atoms with Crippen LogP contribution in [0.15, 0.2) is 140 Å². The largest absolute Gasteiger partial charge is 0.497 e. The van der Waals surface area contributed by atoms with E-state index in [2.05, 4.69) is 133 Å². The third-order valence-corrected chi connectivity index (χ3v) is 6.33. The molecular weight excluding hydrogens is 424 g/mol. The van der Waals surface area contributed by atoms with Gasteiger partial charge in [0.1, 0.15) is 5.75 Å². The van der Waals surface area contributed by atoms with Crippen LogP contribution in [0.1, 0.15) is 39.3 Å². The zero-order chi connectivity index (χ0) is 23.9. The first kappa shape index (κ1) is 22.4. The maximum absolute atomic E-state index is 5.38. The van der Waals surface area contributed by atoms with Gasteiger partial charge in [0.25, 0.3) is 0 Å². The number of rotatable bonds is 7. The van der Waals surface area contributed by atoms with Crippen LogP contribution < -0.4 is 4.74 Å². The molecule has 1 atom stereocenters. The number of hydrogen-bond donors (Lipinski definition) is 0. The Labute approximate surface area is 208 Å². The monoisotopic (exact) mass is 452 g/mol. The molecule has 1 nitrogen and oxygen atoms in total. The van der Waals surface area contributed by atoms with Crippen molar-refractivity contribution < 1.29 is 4.74 Å². The van der Waals surface area contributed by atoms with Gasteiger partial charge in [-0.15, -0.1) is 0 Å². The Morgan fingerprint density at radius 1 is 0.514 bits per heavy atom. The molecule has 0 N–H and O–H groups in total. The van der Waals surface area contributed by atoms with Crippen LogP contribution in [0.5, 0.6) is 5.75 Å². The lowest BCUT2D eigenvalue weighted by Gasteiger charge is -2.19. The summed E-state index contributed by atoms with van der Waals surface area (Å²) in [4.78, 5) is 0. The predicted molar refractivity (Wildman–Crippen MR) is 147 cm³/mol. The minimum Gasteiger partial charge on any atom is -0.497 e. The second-order valence-electron chi connectivity index (χ2n) is 8.57. The van der Waals surface area contributed by atoms with Crippen LogP contribution in [0.4, 0.5) is 0 Å². The third-order valence-electron chi connectivity index (χ3n) is 6.33. The molecule has 0 fully saturated rings. The molecule has 170 valence electrons. The fourth-order valence-corrected chi connectivity index (χ4v) is 4.54. The number of benzene rings is 5. The highest BCUT2D eigenvalue weighted by atomic mass is 16.5. The molecule has 1 heteroatoms. The van der Waals surface area contributed by atoms with Crippen molar-refractivity contribution in [1.82, 2.24) is 0 Å². The van der Waals surface area contributed by atoms with Crippen LogP contribution in [0, 0.1) is 0 Å². The topological polar surface area (TPSA) is 9.23 Å². The summed E-state index contributed by atoms with van der Waals surface area (Å²) < 4.78 is 5.38. The summed E-state index contributed by atoms with van der Waals surface area (Å²) in [7, 11) is 1.70. The van der Waals surface area contributed by atoms with Crippen molar-refractivity contribution in [2.45, 2.75) is 5.92 Å². The van der Waals surface area contributed by atoms with Crippen LogP contribution in [0.3, 0.4) is 0 Å². The van der Waals surface area contributed by atoms with Crippen molar-refractivity contribution in [3.8, 4) is 5.75 Å². The fourth-order valence-electron chi connectivity index (χ4n) is 4.54. The molecule has 5 aromatic rings. The second-order valence-corrected chi connectivity index (χ2v) is 8.57. The molecule has 0 bridgehead atoms. The van der Waals surface area contributed by atoms with Gasteiger partial charge < -0.3 is 4.74 Å². The molecule has 0 aromatic heterocycles. The van der Waals surface area contributed by atoms with E-state index in [0.717, 1.165) is 5.75 Å². The minimum atomic E-state index is 0.155. The van der Waals surface area contributed by atoms with Gasteiger partial charge in [-0.05, 0) is 57.2 Å². The molecule has 0 amide bonds. The zero-order valence-electron chi connectivity index (χ0n) is 19.8. The number of hydrogen-bond acceptors (Lipinski definition) is 1. The quantitative estimate of drug-likeness (QED) is 0.178. The molecule has 0 radical (unpaired) electrons. The molecule has 1 unspecified atom stereocenters. The molecule has 35 heavy (non-hydrogen) atoms. The summed E-state index contributed by atoms with van der Waals surface area (Å²) in [5.74, 6) is 1.03. The van der Waals surface area contributed by atoms with Crippen LogP contribution >= 0.6 is 0 Å². The van der Waals surface area contributed by atoms with Crippen LogP contribution in [-0.4, -0.2) is 7.11 Å². The lowest BCUT2D eigenvalue weighted by atomic mass is 9.84. The van der Waals surface area contributed by atoms with Gasteiger partial charge in [0.15, 0.2) is 0 Å². The van der Waals surface area contributed by atoms with Gasteiger partial charge in [-0.1, -0.05) is 127 Å². The van der Waals surface area contributed by atoms with E-state index in [1.54, 1.807) is 7.11 Å². The van der Waals surface area contributed by atoms with E-state index >= 15 is 0 Å². The average molecular weight is 453 g/mol. The summed E-state index contributed by atoms with van der Waals surface area (Å²) in [5, 5.41) is 0. The highest BCUT2D eigenvalue weighted by Gasteiger charge is 2.17. The first-order chi connectivity index (χ1) is 17.3. The van der Waals surface area contributed by atoms with Crippen LogP contribution in [0.25, 0.3) is 11.6 Å². The molecule has 5 aromatic carbocycles. The summed E-state index contributed by atoms with van der Waals surface area (Å²) in [6.07, 6.45) is 2.28. The number of methoxy groups -OCH3 is 1. The minimum absolute atomic E-state index is 0.155. The standard InChI is InChI=1S/C34H28O/c1-35-32-23-21-31(22-24-32)34(29-15-9-4-10-16-29)30-19-17-26(18-20-30)25-33(27-11-5-2-6-12-27)28-13-7-3-8-14-28/h2-25,34H,1H3. The van der Waals surface area contributed by atoms with Crippen molar-refractivity contribution in [3.05, 3.63) is 173 Å². The van der Waals surface area contributed by atoms with Gasteiger partial charge in [0.05, 0.1) is 7.11 Å². The maximum atomic E-state index is 5.38. The third kappa shape index (κ3) is 5.26. The fraction of sp³-hybridized carbons (Fsp3) is 0.0588. The first-order valence-corrected chi connectivity index (χ1v) is 11.9. The number of ether oxygens (including phenoxy) is 1. The van der Waals surface area contributed by atoms with E-state index in [1.807, 2.05) is 12.1 Å². The zero-order valence-corrected chi connectivity index (χ0v) is 19.8. The SMILES string of the molecule is COc1ccc(C(c2ccccc2)c2ccc(C=C(c3ccccc3)c3ccccc3)cc2)cc1. The highest BCUT2D eigenvalue weighted by molar-refractivity contribution is 5.91. The summed E-state index contributed by atoms with van der Waals surface area (Å²) in [6, 6.07) is 49.2. The molecule has 0 aliphatic rings. The van der Waals surface area contributed by atoms with E-state index in [9.17, 15) is 0 Å². The molecule has 5 rings (SSSR count). The molecular formula is C34H28O. The van der Waals surface area contributed by atoms with Gasteiger partial charge in [-0.2, -0.15) is 0 Å². The van der Waals surface area contributed by atoms with Crippen molar-refractivity contribution in [2.75, 3.05) is 7.11 Å². The Morgan fingerprint density at radius 3 is 1.43 bits per heavy atom. The average Bonchev–Trinajstić information content (AvgIpc) is 2.94. The summed E-state index contributed by atoms with van der Waals surface area (Å²) in [5.41, 5.74) is 8.60. The van der Waals surface area contributed by atoms with E-state index in [1.165, 1.54) is 39.0 Å². The highest BCUT2D eigenvalue weighted by Crippen LogP contribution is 2.33. The Balaban J connectivity index is 1.53. The van der Waals surface area contributed by atoms with Crippen molar-refractivity contribution >= 4 is 11.6 Å². The van der Waals surface area contributed by atoms with Gasteiger partial charge in [0, 0.05) is 5.92 Å². The van der Waals surface area contributed by atoms with Crippen molar-refractivity contribution in [3.63, 3.8) is 0 Å². The van der Waals surface area contributed by atoms with Gasteiger partial charge in [-0.25, -0.2) is 0 Å². The van der Waals surface area contributed by atoms with Gasteiger partial charge in [-0.3, -0.25) is 0 Å². The lowest BCUT2D eigenvalue weighted by Crippen LogP contribution is -2.03. The Hall–Kier alpha value is -4.36. The Bertz CT molecular complexity index is 1330. The van der Waals surface area contributed by atoms with Crippen LogP contribution in [-0.2, 0) is 0 Å². The predicted octanol–water partition coefficient (Wildman–Crippen LogP) is 8.46. The second kappa shape index (κ2) is 10.7. The summed E-state index contributed by atoms with van der Waals surface area (Å²) >= 11 is 0. The smallest absolute Gasteiger partial charge is 0.118 e. The molecule has 0 aliphatic heterocycles. The van der Waals surface area contributed by atoms with Crippen molar-refractivity contribution in [2.24, 2.45) is 0 Å². The molecule has 0 aliphatic carbocycles. The molecule has 0 spiro atoms.